The van der Waals surface area contributed by atoms with E-state index in [2.05, 4.69) is 15.2 Å². The van der Waals surface area contributed by atoms with Crippen LogP contribution in [0.4, 0.5) is 4.39 Å². The van der Waals surface area contributed by atoms with Crippen molar-refractivity contribution in [3.8, 4) is 22.3 Å². The first-order chi connectivity index (χ1) is 10.6. The van der Waals surface area contributed by atoms with Crippen molar-refractivity contribution < 1.29 is 4.39 Å². The standard InChI is InChI=1S/C16H10Cl2FN3/c1-9-14(10-4-6-20-7-5-10)15(16(18)22-21-9)12-3-2-11(17)8-13(12)19/h2-8H,1H3. The summed E-state index contributed by atoms with van der Waals surface area (Å²) in [5, 5.41) is 8.40. The molecule has 0 unspecified atom stereocenters. The molecule has 0 radical (unpaired) electrons. The Morgan fingerprint density at radius 2 is 1.68 bits per heavy atom. The maximum atomic E-state index is 14.3. The lowest BCUT2D eigenvalue weighted by Crippen LogP contribution is -1.99. The minimum Gasteiger partial charge on any atom is -0.265 e. The summed E-state index contributed by atoms with van der Waals surface area (Å²) in [5.74, 6) is -0.461. The molecule has 0 spiro atoms. The molecule has 0 aliphatic carbocycles. The van der Waals surface area contributed by atoms with Gasteiger partial charge in [-0.05, 0) is 42.8 Å². The van der Waals surface area contributed by atoms with E-state index in [9.17, 15) is 4.39 Å². The zero-order valence-electron chi connectivity index (χ0n) is 11.5. The fraction of sp³-hybridized carbons (Fsp3) is 0.0625. The maximum absolute atomic E-state index is 14.3. The van der Waals surface area contributed by atoms with Gasteiger partial charge in [-0.25, -0.2) is 4.39 Å². The second kappa shape index (κ2) is 5.99. The number of hydrogen-bond acceptors (Lipinski definition) is 3. The zero-order chi connectivity index (χ0) is 15.7. The van der Waals surface area contributed by atoms with Gasteiger partial charge in [-0.15, -0.1) is 5.10 Å². The van der Waals surface area contributed by atoms with Gasteiger partial charge in [0.2, 0.25) is 0 Å². The van der Waals surface area contributed by atoms with Crippen LogP contribution < -0.4 is 0 Å². The molecule has 3 aromatic rings. The normalized spacial score (nSPS) is 10.7. The van der Waals surface area contributed by atoms with E-state index in [-0.39, 0.29) is 5.15 Å². The Kier molecular flexibility index (Phi) is 4.05. The second-order valence-corrected chi connectivity index (χ2v) is 5.48. The first kappa shape index (κ1) is 14.9. The minimum atomic E-state index is -0.461. The molecule has 0 amide bonds. The second-order valence-electron chi connectivity index (χ2n) is 4.69. The summed E-state index contributed by atoms with van der Waals surface area (Å²) in [6.45, 7) is 1.80. The highest BCUT2D eigenvalue weighted by atomic mass is 35.5. The first-order valence-corrected chi connectivity index (χ1v) is 7.22. The van der Waals surface area contributed by atoms with Gasteiger partial charge in [0.25, 0.3) is 0 Å². The van der Waals surface area contributed by atoms with Crippen LogP contribution in [-0.2, 0) is 0 Å². The highest BCUT2D eigenvalue weighted by molar-refractivity contribution is 6.33. The third kappa shape index (κ3) is 2.67. The van der Waals surface area contributed by atoms with Crippen LogP contribution in [0.25, 0.3) is 22.3 Å². The summed E-state index contributed by atoms with van der Waals surface area (Å²) in [6.07, 6.45) is 3.32. The Bertz CT molecular complexity index is 838. The predicted molar refractivity (Wildman–Crippen MR) is 85.4 cm³/mol. The summed E-state index contributed by atoms with van der Waals surface area (Å²) in [4.78, 5) is 3.99. The van der Waals surface area contributed by atoms with Gasteiger partial charge in [-0.3, -0.25) is 4.98 Å². The number of benzene rings is 1. The van der Waals surface area contributed by atoms with Gasteiger partial charge in [-0.2, -0.15) is 5.10 Å². The third-order valence-corrected chi connectivity index (χ3v) is 3.78. The van der Waals surface area contributed by atoms with Gasteiger partial charge in [-0.1, -0.05) is 23.2 Å². The topological polar surface area (TPSA) is 38.7 Å². The lowest BCUT2D eigenvalue weighted by molar-refractivity contribution is 0.631. The van der Waals surface area contributed by atoms with Gasteiger partial charge in [0.05, 0.1) is 5.69 Å². The molecule has 0 N–H and O–H groups in total. The van der Waals surface area contributed by atoms with Crippen molar-refractivity contribution in [2.24, 2.45) is 0 Å². The van der Waals surface area contributed by atoms with Crippen LogP contribution in [0.15, 0.2) is 42.7 Å². The van der Waals surface area contributed by atoms with Crippen molar-refractivity contribution in [1.82, 2.24) is 15.2 Å². The molecule has 0 saturated heterocycles. The van der Waals surface area contributed by atoms with Crippen LogP contribution in [0.5, 0.6) is 0 Å². The quantitative estimate of drug-likeness (QED) is 0.665. The van der Waals surface area contributed by atoms with Gasteiger partial charge >= 0.3 is 0 Å². The Morgan fingerprint density at radius 1 is 0.955 bits per heavy atom. The average Bonchev–Trinajstić information content (AvgIpc) is 2.51. The lowest BCUT2D eigenvalue weighted by atomic mass is 9.95. The van der Waals surface area contributed by atoms with Gasteiger partial charge in [0.1, 0.15) is 5.82 Å². The van der Waals surface area contributed by atoms with Crippen LogP contribution in [0, 0.1) is 12.7 Å². The molecular formula is C16H10Cl2FN3. The van der Waals surface area contributed by atoms with E-state index in [0.29, 0.717) is 21.8 Å². The summed E-state index contributed by atoms with van der Waals surface area (Å²) in [5.41, 5.74) is 3.05. The van der Waals surface area contributed by atoms with Gasteiger partial charge in [0, 0.05) is 34.1 Å². The van der Waals surface area contributed by atoms with Crippen molar-refractivity contribution in [2.75, 3.05) is 0 Å². The van der Waals surface area contributed by atoms with E-state index in [0.717, 1.165) is 11.1 Å². The summed E-state index contributed by atoms with van der Waals surface area (Å²) in [7, 11) is 0. The zero-order valence-corrected chi connectivity index (χ0v) is 13.0. The van der Waals surface area contributed by atoms with Crippen molar-refractivity contribution >= 4 is 23.2 Å². The minimum absolute atomic E-state index is 0.138. The van der Waals surface area contributed by atoms with Gasteiger partial charge in [0.15, 0.2) is 5.15 Å². The largest absolute Gasteiger partial charge is 0.265 e. The molecule has 2 heterocycles. The van der Waals surface area contributed by atoms with E-state index >= 15 is 0 Å². The average molecular weight is 334 g/mol. The van der Waals surface area contributed by atoms with Crippen molar-refractivity contribution in [3.05, 3.63) is 64.4 Å². The molecule has 110 valence electrons. The molecular weight excluding hydrogens is 324 g/mol. The van der Waals surface area contributed by atoms with Crippen LogP contribution in [0.2, 0.25) is 10.2 Å². The summed E-state index contributed by atoms with van der Waals surface area (Å²) >= 11 is 12.0. The number of halogens is 3. The Balaban J connectivity index is 2.34. The maximum Gasteiger partial charge on any atom is 0.160 e. The Labute approximate surface area is 136 Å². The first-order valence-electron chi connectivity index (χ1n) is 6.46. The number of aromatic nitrogens is 3. The van der Waals surface area contributed by atoms with E-state index in [1.807, 2.05) is 12.1 Å². The molecule has 0 aliphatic rings. The monoisotopic (exact) mass is 333 g/mol. The molecule has 2 aromatic heterocycles. The molecule has 22 heavy (non-hydrogen) atoms. The number of hydrogen-bond donors (Lipinski definition) is 0. The van der Waals surface area contributed by atoms with Crippen LogP contribution in [0.1, 0.15) is 5.69 Å². The SMILES string of the molecule is Cc1nnc(Cl)c(-c2ccc(Cl)cc2F)c1-c1ccncc1. The fourth-order valence-electron chi connectivity index (χ4n) is 2.31. The Hall–Kier alpha value is -2.04. The number of aryl methyl sites for hydroxylation is 1. The molecule has 3 rings (SSSR count). The molecule has 1 aromatic carbocycles. The van der Waals surface area contributed by atoms with Crippen LogP contribution >= 0.6 is 23.2 Å². The van der Waals surface area contributed by atoms with Gasteiger partial charge < -0.3 is 0 Å². The van der Waals surface area contributed by atoms with E-state index in [1.54, 1.807) is 31.5 Å². The Morgan fingerprint density at radius 3 is 2.36 bits per heavy atom. The number of rotatable bonds is 2. The molecule has 0 bridgehead atoms. The highest BCUT2D eigenvalue weighted by Crippen LogP contribution is 2.39. The predicted octanol–water partition coefficient (Wildman–Crippen LogP) is 4.96. The fourth-order valence-corrected chi connectivity index (χ4v) is 2.71. The summed E-state index contributed by atoms with van der Waals surface area (Å²) < 4.78 is 14.3. The number of nitrogens with zero attached hydrogens (tertiary/aromatic N) is 3. The van der Waals surface area contributed by atoms with Crippen LogP contribution in [0.3, 0.4) is 0 Å². The van der Waals surface area contributed by atoms with E-state index < -0.39 is 5.82 Å². The van der Waals surface area contributed by atoms with E-state index in [1.165, 1.54) is 6.07 Å². The number of pyridine rings is 1. The lowest BCUT2D eigenvalue weighted by Gasteiger charge is -2.14. The molecule has 0 aliphatic heterocycles. The molecule has 0 fully saturated rings. The van der Waals surface area contributed by atoms with Crippen molar-refractivity contribution in [2.45, 2.75) is 6.92 Å². The van der Waals surface area contributed by atoms with Crippen molar-refractivity contribution in [1.29, 1.82) is 0 Å². The van der Waals surface area contributed by atoms with Crippen molar-refractivity contribution in [3.63, 3.8) is 0 Å². The smallest absolute Gasteiger partial charge is 0.160 e. The van der Waals surface area contributed by atoms with E-state index in [4.69, 9.17) is 23.2 Å². The summed E-state index contributed by atoms with van der Waals surface area (Å²) in [6, 6.07) is 8.09. The highest BCUT2D eigenvalue weighted by Gasteiger charge is 2.19. The van der Waals surface area contributed by atoms with Crippen LogP contribution in [-0.4, -0.2) is 15.2 Å². The molecule has 3 nitrogen and oxygen atoms in total. The third-order valence-electron chi connectivity index (χ3n) is 3.28. The molecule has 0 atom stereocenters. The molecule has 6 heteroatoms. The molecule has 0 saturated carbocycles.